The fraction of sp³-hybridized carbons (Fsp3) is 0.0909. The molecule has 7 nitrogen and oxygen atoms in total. The van der Waals surface area contributed by atoms with Crippen LogP contribution in [0.3, 0.4) is 0 Å². The second-order valence-electron chi connectivity index (χ2n) is 7.07. The molecule has 0 aliphatic rings. The molecular weight excluding hydrogens is 387 g/mol. The van der Waals surface area contributed by atoms with Crippen LogP contribution in [0.2, 0.25) is 0 Å². The number of hydrogen-bond donors (Lipinski definition) is 2. The van der Waals surface area contributed by atoms with Gasteiger partial charge in [0, 0.05) is 23.4 Å². The standard InChI is InChI=1S/C22H17FN4O3/c1-12-2-5-15-17(8-12)22(28)26-25-20(15)10-13-3-6-18(23)16(9-13)14-4-7-19(24)21(11-14)27(29)30/h2-9,11H,10,24H2,1H3,(H,26,28). The summed E-state index contributed by atoms with van der Waals surface area (Å²) in [6, 6.07) is 14.3. The molecule has 0 radical (unpaired) electrons. The smallest absolute Gasteiger partial charge is 0.292 e. The van der Waals surface area contributed by atoms with Crippen molar-refractivity contribution >= 4 is 22.1 Å². The number of nitrogens with one attached hydrogen (secondary N) is 1. The van der Waals surface area contributed by atoms with Gasteiger partial charge in [0.15, 0.2) is 0 Å². The van der Waals surface area contributed by atoms with Crippen molar-refractivity contribution in [2.45, 2.75) is 13.3 Å². The Balaban J connectivity index is 1.78. The van der Waals surface area contributed by atoms with Gasteiger partial charge in [-0.05, 0) is 42.3 Å². The Labute approximate surface area is 170 Å². The zero-order valence-electron chi connectivity index (χ0n) is 16.0. The van der Waals surface area contributed by atoms with Crippen molar-refractivity contribution in [3.8, 4) is 11.1 Å². The molecule has 0 saturated carbocycles. The summed E-state index contributed by atoms with van der Waals surface area (Å²) in [5.41, 5.74) is 8.02. The summed E-state index contributed by atoms with van der Waals surface area (Å²) < 4.78 is 14.5. The first-order valence-electron chi connectivity index (χ1n) is 9.14. The Bertz CT molecular complexity index is 1360. The van der Waals surface area contributed by atoms with Gasteiger partial charge in [0.1, 0.15) is 11.5 Å². The summed E-state index contributed by atoms with van der Waals surface area (Å²) >= 11 is 0. The number of anilines is 1. The van der Waals surface area contributed by atoms with Crippen LogP contribution >= 0.6 is 0 Å². The van der Waals surface area contributed by atoms with Gasteiger partial charge in [0.25, 0.3) is 11.2 Å². The third-order valence-electron chi connectivity index (χ3n) is 4.96. The van der Waals surface area contributed by atoms with Crippen LogP contribution in [0, 0.1) is 22.9 Å². The van der Waals surface area contributed by atoms with Crippen molar-refractivity contribution < 1.29 is 9.31 Å². The van der Waals surface area contributed by atoms with E-state index in [1.54, 1.807) is 24.3 Å². The molecule has 0 saturated heterocycles. The highest BCUT2D eigenvalue weighted by atomic mass is 19.1. The van der Waals surface area contributed by atoms with Crippen molar-refractivity contribution in [2.24, 2.45) is 0 Å². The third kappa shape index (κ3) is 3.50. The van der Waals surface area contributed by atoms with Gasteiger partial charge in [-0.25, -0.2) is 9.49 Å². The number of nitro groups is 1. The number of H-pyrrole nitrogens is 1. The van der Waals surface area contributed by atoms with E-state index in [0.29, 0.717) is 23.1 Å². The third-order valence-corrected chi connectivity index (χ3v) is 4.96. The molecule has 0 aliphatic heterocycles. The zero-order valence-corrected chi connectivity index (χ0v) is 16.0. The van der Waals surface area contributed by atoms with Crippen LogP contribution in [0.15, 0.2) is 59.4 Å². The predicted octanol–water partition coefficient (Wildman–Crippen LogP) is 4.12. The predicted molar refractivity (Wildman–Crippen MR) is 113 cm³/mol. The highest BCUT2D eigenvalue weighted by molar-refractivity contribution is 5.84. The van der Waals surface area contributed by atoms with E-state index in [4.69, 9.17) is 5.73 Å². The number of halogens is 1. The maximum atomic E-state index is 14.5. The molecule has 0 aliphatic carbocycles. The van der Waals surface area contributed by atoms with E-state index in [2.05, 4.69) is 10.2 Å². The molecule has 8 heteroatoms. The van der Waals surface area contributed by atoms with E-state index in [0.717, 1.165) is 16.5 Å². The Kier molecular flexibility index (Phi) is 4.75. The minimum atomic E-state index is -0.598. The number of aryl methyl sites for hydroxylation is 1. The molecule has 0 spiro atoms. The van der Waals surface area contributed by atoms with Crippen LogP contribution in [0.1, 0.15) is 16.8 Å². The van der Waals surface area contributed by atoms with Crippen molar-refractivity contribution in [3.63, 3.8) is 0 Å². The Hall–Kier alpha value is -4.07. The van der Waals surface area contributed by atoms with E-state index in [9.17, 15) is 19.3 Å². The maximum Gasteiger partial charge on any atom is 0.292 e. The van der Waals surface area contributed by atoms with Crippen LogP contribution < -0.4 is 11.3 Å². The van der Waals surface area contributed by atoms with Gasteiger partial charge in [-0.2, -0.15) is 5.10 Å². The average Bonchev–Trinajstić information content (AvgIpc) is 2.72. The van der Waals surface area contributed by atoms with Crippen LogP contribution in [-0.4, -0.2) is 15.1 Å². The maximum absolute atomic E-state index is 14.5. The topological polar surface area (TPSA) is 115 Å². The average molecular weight is 404 g/mol. The number of nitrogen functional groups attached to an aromatic ring is 1. The molecule has 1 aromatic heterocycles. The Morgan fingerprint density at radius 3 is 2.67 bits per heavy atom. The number of aromatic amines is 1. The number of nitrogens with two attached hydrogens (primary N) is 1. The first-order valence-corrected chi connectivity index (χ1v) is 9.14. The monoisotopic (exact) mass is 404 g/mol. The molecule has 150 valence electrons. The van der Waals surface area contributed by atoms with Crippen LogP contribution in [0.25, 0.3) is 21.9 Å². The number of benzene rings is 3. The molecule has 30 heavy (non-hydrogen) atoms. The van der Waals surface area contributed by atoms with E-state index >= 15 is 0 Å². The fourth-order valence-corrected chi connectivity index (χ4v) is 3.44. The molecule has 0 amide bonds. The number of rotatable bonds is 4. The normalized spacial score (nSPS) is 11.0. The highest BCUT2D eigenvalue weighted by Gasteiger charge is 2.16. The number of nitro benzene ring substituents is 1. The van der Waals surface area contributed by atoms with Gasteiger partial charge in [0.05, 0.1) is 16.0 Å². The van der Waals surface area contributed by atoms with Gasteiger partial charge in [-0.15, -0.1) is 0 Å². The quantitative estimate of drug-likeness (QED) is 0.302. The van der Waals surface area contributed by atoms with Gasteiger partial charge < -0.3 is 5.73 Å². The summed E-state index contributed by atoms with van der Waals surface area (Å²) in [5.74, 6) is -0.507. The largest absolute Gasteiger partial charge is 0.393 e. The Morgan fingerprint density at radius 1 is 1.10 bits per heavy atom. The summed E-state index contributed by atoms with van der Waals surface area (Å²) in [6.45, 7) is 1.90. The zero-order chi connectivity index (χ0) is 21.4. The van der Waals surface area contributed by atoms with E-state index < -0.39 is 10.7 Å². The number of fused-ring (bicyclic) bond motifs is 1. The molecule has 1 heterocycles. The van der Waals surface area contributed by atoms with Gasteiger partial charge in [-0.3, -0.25) is 14.9 Å². The lowest BCUT2D eigenvalue weighted by molar-refractivity contribution is -0.383. The summed E-state index contributed by atoms with van der Waals surface area (Å²) in [5, 5.41) is 19.1. The van der Waals surface area contributed by atoms with E-state index in [1.165, 1.54) is 18.2 Å². The van der Waals surface area contributed by atoms with E-state index in [-0.39, 0.29) is 22.5 Å². The first kappa shape index (κ1) is 19.3. The molecule has 0 fully saturated rings. The molecule has 3 N–H and O–H groups in total. The lowest BCUT2D eigenvalue weighted by Gasteiger charge is -2.09. The van der Waals surface area contributed by atoms with E-state index in [1.807, 2.05) is 19.1 Å². The summed E-state index contributed by atoms with van der Waals surface area (Å²) in [4.78, 5) is 22.7. The number of nitrogens with zero attached hydrogens (tertiary/aromatic N) is 2. The highest BCUT2D eigenvalue weighted by Crippen LogP contribution is 2.31. The van der Waals surface area contributed by atoms with Crippen molar-refractivity contribution in [2.75, 3.05) is 5.73 Å². The minimum absolute atomic E-state index is 0.0134. The lowest BCUT2D eigenvalue weighted by atomic mass is 9.98. The molecule has 4 rings (SSSR count). The molecular formula is C22H17FN4O3. The Morgan fingerprint density at radius 2 is 1.90 bits per heavy atom. The first-order chi connectivity index (χ1) is 14.3. The second kappa shape index (κ2) is 7.40. The molecule has 4 aromatic rings. The van der Waals surface area contributed by atoms with Crippen molar-refractivity contribution in [1.29, 1.82) is 0 Å². The summed E-state index contributed by atoms with van der Waals surface area (Å²) in [6.07, 6.45) is 0.348. The van der Waals surface area contributed by atoms with Gasteiger partial charge in [-0.1, -0.05) is 29.8 Å². The fourth-order valence-electron chi connectivity index (χ4n) is 3.44. The number of hydrogen-bond acceptors (Lipinski definition) is 5. The summed E-state index contributed by atoms with van der Waals surface area (Å²) in [7, 11) is 0. The molecule has 3 aromatic carbocycles. The minimum Gasteiger partial charge on any atom is -0.393 e. The molecule has 0 bridgehead atoms. The lowest BCUT2D eigenvalue weighted by Crippen LogP contribution is -2.11. The van der Waals surface area contributed by atoms with Crippen LogP contribution in [0.4, 0.5) is 15.8 Å². The number of aromatic nitrogens is 2. The van der Waals surface area contributed by atoms with Crippen molar-refractivity contribution in [1.82, 2.24) is 10.2 Å². The van der Waals surface area contributed by atoms with Gasteiger partial charge in [0.2, 0.25) is 0 Å². The van der Waals surface area contributed by atoms with Crippen LogP contribution in [0.5, 0.6) is 0 Å². The molecule has 0 unspecified atom stereocenters. The van der Waals surface area contributed by atoms with Crippen molar-refractivity contribution in [3.05, 3.63) is 97.7 Å². The second-order valence-corrected chi connectivity index (χ2v) is 7.07. The SMILES string of the molecule is Cc1ccc2c(Cc3ccc(F)c(-c4ccc(N)c([N+](=O)[O-])c4)c3)n[nH]c(=O)c2c1. The van der Waals surface area contributed by atoms with Gasteiger partial charge >= 0.3 is 0 Å². The van der Waals surface area contributed by atoms with Crippen LogP contribution in [-0.2, 0) is 6.42 Å². The molecule has 0 atom stereocenters.